The Morgan fingerprint density at radius 3 is 2.45 bits per heavy atom. The van der Waals surface area contributed by atoms with E-state index in [1.807, 2.05) is 62.4 Å². The number of benzene rings is 2. The summed E-state index contributed by atoms with van der Waals surface area (Å²) >= 11 is 0. The highest BCUT2D eigenvalue weighted by atomic mass is 16.5. The molecule has 1 aromatic heterocycles. The average molecular weight is 392 g/mol. The Morgan fingerprint density at radius 2 is 1.79 bits per heavy atom. The van der Waals surface area contributed by atoms with Crippen molar-refractivity contribution in [3.63, 3.8) is 0 Å². The van der Waals surface area contributed by atoms with Crippen molar-refractivity contribution in [1.82, 2.24) is 15.5 Å². The molecular formula is C22H24N4O3. The number of amides is 2. The van der Waals surface area contributed by atoms with Crippen LogP contribution >= 0.6 is 0 Å². The van der Waals surface area contributed by atoms with E-state index in [9.17, 15) is 4.79 Å². The Hall–Kier alpha value is -3.61. The minimum absolute atomic E-state index is 0.276. The van der Waals surface area contributed by atoms with Gasteiger partial charge in [0.05, 0.1) is 19.3 Å². The third-order valence-corrected chi connectivity index (χ3v) is 4.29. The standard InChI is InChI=1S/C22H24N4O3/c1-15-4-9-19(16(2)14-15)24-22(27)23-12-13-29-21-11-10-20(25-26-21)17-5-7-18(28-3)8-6-17/h4-11,14H,12-13H2,1-3H3,(H2,23,24,27). The van der Waals surface area contributed by atoms with Gasteiger partial charge < -0.3 is 20.1 Å². The zero-order chi connectivity index (χ0) is 20.6. The van der Waals surface area contributed by atoms with Gasteiger partial charge in [0, 0.05) is 17.3 Å². The van der Waals surface area contributed by atoms with E-state index in [1.54, 1.807) is 13.2 Å². The number of nitrogens with zero attached hydrogens (tertiary/aromatic N) is 2. The van der Waals surface area contributed by atoms with Crippen molar-refractivity contribution in [2.45, 2.75) is 13.8 Å². The highest BCUT2D eigenvalue weighted by Crippen LogP contribution is 2.21. The number of rotatable bonds is 7. The van der Waals surface area contributed by atoms with Crippen molar-refractivity contribution in [3.05, 3.63) is 65.7 Å². The number of nitrogens with one attached hydrogen (secondary N) is 2. The molecule has 0 spiro atoms. The monoisotopic (exact) mass is 392 g/mol. The number of anilines is 1. The molecule has 0 aliphatic carbocycles. The molecule has 0 aliphatic rings. The molecule has 2 N–H and O–H groups in total. The Labute approximate surface area is 170 Å². The molecule has 29 heavy (non-hydrogen) atoms. The minimum atomic E-state index is -0.276. The molecule has 0 atom stereocenters. The van der Waals surface area contributed by atoms with Crippen molar-refractivity contribution < 1.29 is 14.3 Å². The molecule has 2 aromatic carbocycles. The third kappa shape index (κ3) is 5.68. The number of carbonyl (C=O) groups excluding carboxylic acids is 1. The van der Waals surface area contributed by atoms with Crippen LogP contribution in [0, 0.1) is 13.8 Å². The molecule has 0 unspecified atom stereocenters. The molecule has 0 fully saturated rings. The molecule has 2 amide bonds. The first-order valence-electron chi connectivity index (χ1n) is 9.28. The van der Waals surface area contributed by atoms with Gasteiger partial charge in [0.25, 0.3) is 0 Å². The number of aryl methyl sites for hydroxylation is 2. The molecule has 0 saturated carbocycles. The molecule has 0 radical (unpaired) electrons. The Balaban J connectivity index is 1.43. The van der Waals surface area contributed by atoms with E-state index >= 15 is 0 Å². The van der Waals surface area contributed by atoms with Gasteiger partial charge in [0.1, 0.15) is 12.4 Å². The molecule has 7 heteroatoms. The van der Waals surface area contributed by atoms with Gasteiger partial charge in [-0.1, -0.05) is 17.7 Å². The van der Waals surface area contributed by atoms with E-state index in [0.29, 0.717) is 12.4 Å². The molecule has 1 heterocycles. The second kappa shape index (κ2) is 9.54. The van der Waals surface area contributed by atoms with Crippen LogP contribution in [-0.2, 0) is 0 Å². The first-order chi connectivity index (χ1) is 14.0. The van der Waals surface area contributed by atoms with E-state index in [1.165, 1.54) is 0 Å². The summed E-state index contributed by atoms with van der Waals surface area (Å²) in [7, 11) is 1.63. The lowest BCUT2D eigenvalue weighted by atomic mass is 10.1. The second-order valence-electron chi connectivity index (χ2n) is 6.53. The van der Waals surface area contributed by atoms with E-state index < -0.39 is 0 Å². The number of ether oxygens (including phenoxy) is 2. The predicted molar refractivity (Wildman–Crippen MR) is 112 cm³/mol. The van der Waals surface area contributed by atoms with Crippen LogP contribution in [0.4, 0.5) is 10.5 Å². The lowest BCUT2D eigenvalue weighted by Crippen LogP contribution is -2.32. The SMILES string of the molecule is COc1ccc(-c2ccc(OCCNC(=O)Nc3ccc(C)cc3C)nn2)cc1. The molecule has 150 valence electrons. The lowest BCUT2D eigenvalue weighted by Gasteiger charge is -2.11. The molecule has 0 bridgehead atoms. The van der Waals surface area contributed by atoms with E-state index in [4.69, 9.17) is 9.47 Å². The van der Waals surface area contributed by atoms with E-state index in [0.717, 1.165) is 33.8 Å². The summed E-state index contributed by atoms with van der Waals surface area (Å²) in [6.45, 7) is 4.61. The maximum absolute atomic E-state index is 12.0. The van der Waals surface area contributed by atoms with E-state index in [2.05, 4.69) is 20.8 Å². The largest absolute Gasteiger partial charge is 0.497 e. The van der Waals surface area contributed by atoms with Gasteiger partial charge >= 0.3 is 6.03 Å². The molecule has 3 rings (SSSR count). The van der Waals surface area contributed by atoms with Gasteiger partial charge in [-0.2, -0.15) is 0 Å². The summed E-state index contributed by atoms with van der Waals surface area (Å²) in [5.41, 5.74) is 4.64. The molecule has 7 nitrogen and oxygen atoms in total. The summed E-state index contributed by atoms with van der Waals surface area (Å²) in [5.74, 6) is 1.19. The Kier molecular flexibility index (Phi) is 6.63. The van der Waals surface area contributed by atoms with Crippen LogP contribution < -0.4 is 20.1 Å². The first kappa shape index (κ1) is 20.1. The first-order valence-corrected chi connectivity index (χ1v) is 9.28. The van der Waals surface area contributed by atoms with Gasteiger partial charge in [-0.05, 0) is 55.8 Å². The van der Waals surface area contributed by atoms with Crippen LogP contribution in [-0.4, -0.2) is 36.5 Å². The van der Waals surface area contributed by atoms with Gasteiger partial charge in [0.15, 0.2) is 0 Å². The van der Waals surface area contributed by atoms with Gasteiger partial charge in [0.2, 0.25) is 5.88 Å². The van der Waals surface area contributed by atoms with Crippen LogP contribution in [0.3, 0.4) is 0 Å². The maximum Gasteiger partial charge on any atom is 0.319 e. The molecule has 3 aromatic rings. The Bertz CT molecular complexity index is 957. The fraction of sp³-hybridized carbons (Fsp3) is 0.227. The topological polar surface area (TPSA) is 85.4 Å². The normalized spacial score (nSPS) is 10.3. The summed E-state index contributed by atoms with van der Waals surface area (Å²) in [4.78, 5) is 12.0. The van der Waals surface area contributed by atoms with Crippen LogP contribution in [0.25, 0.3) is 11.3 Å². The summed E-state index contributed by atoms with van der Waals surface area (Å²) in [5, 5.41) is 13.8. The summed E-state index contributed by atoms with van der Waals surface area (Å²) in [6.07, 6.45) is 0. The summed E-state index contributed by atoms with van der Waals surface area (Å²) in [6, 6.07) is 16.8. The smallest absolute Gasteiger partial charge is 0.319 e. The summed E-state index contributed by atoms with van der Waals surface area (Å²) < 4.78 is 10.7. The van der Waals surface area contributed by atoms with Crippen LogP contribution in [0.15, 0.2) is 54.6 Å². The van der Waals surface area contributed by atoms with Gasteiger partial charge in [-0.15, -0.1) is 10.2 Å². The highest BCUT2D eigenvalue weighted by Gasteiger charge is 2.05. The molecule has 0 saturated heterocycles. The third-order valence-electron chi connectivity index (χ3n) is 4.29. The fourth-order valence-corrected chi connectivity index (χ4v) is 2.75. The number of carbonyl (C=O) groups is 1. The second-order valence-corrected chi connectivity index (χ2v) is 6.53. The van der Waals surface area contributed by atoms with Crippen LogP contribution in [0.1, 0.15) is 11.1 Å². The van der Waals surface area contributed by atoms with Crippen molar-refractivity contribution in [2.75, 3.05) is 25.6 Å². The number of hydrogen-bond acceptors (Lipinski definition) is 5. The maximum atomic E-state index is 12.0. The van der Waals surface area contributed by atoms with Crippen molar-refractivity contribution >= 4 is 11.7 Å². The number of urea groups is 1. The predicted octanol–water partition coefficient (Wildman–Crippen LogP) is 3.97. The zero-order valence-corrected chi connectivity index (χ0v) is 16.7. The van der Waals surface area contributed by atoms with Gasteiger partial charge in [-0.25, -0.2) is 4.79 Å². The number of aromatic nitrogens is 2. The lowest BCUT2D eigenvalue weighted by molar-refractivity contribution is 0.246. The van der Waals surface area contributed by atoms with Crippen LogP contribution in [0.5, 0.6) is 11.6 Å². The Morgan fingerprint density at radius 1 is 1.00 bits per heavy atom. The molecule has 0 aliphatic heterocycles. The highest BCUT2D eigenvalue weighted by molar-refractivity contribution is 5.90. The van der Waals surface area contributed by atoms with Crippen LogP contribution in [0.2, 0.25) is 0 Å². The van der Waals surface area contributed by atoms with Crippen molar-refractivity contribution in [1.29, 1.82) is 0 Å². The fourth-order valence-electron chi connectivity index (χ4n) is 2.75. The van der Waals surface area contributed by atoms with Crippen molar-refractivity contribution in [3.8, 4) is 22.9 Å². The van der Waals surface area contributed by atoms with Crippen molar-refractivity contribution in [2.24, 2.45) is 0 Å². The quantitative estimate of drug-likeness (QED) is 0.594. The average Bonchev–Trinajstić information content (AvgIpc) is 2.74. The molecular weight excluding hydrogens is 368 g/mol. The van der Waals surface area contributed by atoms with Gasteiger partial charge in [-0.3, -0.25) is 0 Å². The number of methoxy groups -OCH3 is 1. The van der Waals surface area contributed by atoms with E-state index in [-0.39, 0.29) is 12.6 Å². The minimum Gasteiger partial charge on any atom is -0.497 e. The zero-order valence-electron chi connectivity index (χ0n) is 16.7. The number of hydrogen-bond donors (Lipinski definition) is 2.